The Morgan fingerprint density at radius 1 is 1.28 bits per heavy atom. The van der Waals surface area contributed by atoms with Crippen LogP contribution in [-0.4, -0.2) is 18.3 Å². The van der Waals surface area contributed by atoms with Gasteiger partial charge in [0.15, 0.2) is 0 Å². The second-order valence-corrected chi connectivity index (χ2v) is 4.46. The predicted octanol–water partition coefficient (Wildman–Crippen LogP) is 2.78. The maximum atomic E-state index is 13.1. The van der Waals surface area contributed by atoms with Gasteiger partial charge in [0.2, 0.25) is 0 Å². The Hall–Kier alpha value is -1.13. The maximum absolute atomic E-state index is 13.1. The van der Waals surface area contributed by atoms with Crippen LogP contribution < -0.4 is 10.5 Å². The lowest BCUT2D eigenvalue weighted by atomic mass is 10.1. The summed E-state index contributed by atoms with van der Waals surface area (Å²) in [6.45, 7) is 2.63. The normalized spacial score (nSPS) is 12.4. The topological polar surface area (TPSA) is 55.5 Å². The third-order valence-electron chi connectivity index (χ3n) is 2.78. The van der Waals surface area contributed by atoms with Gasteiger partial charge < -0.3 is 15.6 Å². The monoisotopic (exact) mass is 255 g/mol. The number of unbranched alkanes of at least 4 members (excludes halogenated alkanes) is 3. The molecule has 0 aliphatic rings. The van der Waals surface area contributed by atoms with Gasteiger partial charge in [0.05, 0.1) is 6.61 Å². The van der Waals surface area contributed by atoms with Crippen molar-refractivity contribution in [3.05, 3.63) is 29.6 Å². The Morgan fingerprint density at radius 2 is 2.00 bits per heavy atom. The lowest BCUT2D eigenvalue weighted by molar-refractivity contribution is 0.272. The van der Waals surface area contributed by atoms with Crippen molar-refractivity contribution in [1.29, 1.82) is 0 Å². The van der Waals surface area contributed by atoms with Gasteiger partial charge in [-0.3, -0.25) is 0 Å². The van der Waals surface area contributed by atoms with Crippen LogP contribution in [0.4, 0.5) is 4.39 Å². The van der Waals surface area contributed by atoms with E-state index in [0.717, 1.165) is 31.2 Å². The molecule has 18 heavy (non-hydrogen) atoms. The minimum absolute atomic E-state index is 0.171. The number of nitrogens with two attached hydrogens (primary N) is 1. The molecular formula is C14H22FNO2. The van der Waals surface area contributed by atoms with Crippen LogP contribution in [0, 0.1) is 5.82 Å². The smallest absolute Gasteiger partial charge is 0.126 e. The van der Waals surface area contributed by atoms with E-state index < -0.39 is 0 Å². The number of ether oxygens (including phenoxy) is 1. The van der Waals surface area contributed by atoms with Crippen LogP contribution >= 0.6 is 0 Å². The lowest BCUT2D eigenvalue weighted by Crippen LogP contribution is -2.09. The largest absolute Gasteiger partial charge is 0.493 e. The molecule has 1 aromatic carbocycles. The summed E-state index contributed by atoms with van der Waals surface area (Å²) < 4.78 is 18.7. The van der Waals surface area contributed by atoms with Crippen molar-refractivity contribution < 1.29 is 14.2 Å². The molecule has 0 aliphatic heterocycles. The molecular weight excluding hydrogens is 233 g/mol. The van der Waals surface area contributed by atoms with E-state index in [0.29, 0.717) is 12.4 Å². The maximum Gasteiger partial charge on any atom is 0.126 e. The van der Waals surface area contributed by atoms with E-state index >= 15 is 0 Å². The Bertz CT molecular complexity index is 356. The summed E-state index contributed by atoms with van der Waals surface area (Å²) in [6.07, 6.45) is 3.71. The molecule has 1 atom stereocenters. The van der Waals surface area contributed by atoms with Gasteiger partial charge in [-0.05, 0) is 32.3 Å². The van der Waals surface area contributed by atoms with E-state index in [9.17, 15) is 4.39 Å². The van der Waals surface area contributed by atoms with Gasteiger partial charge in [-0.2, -0.15) is 0 Å². The van der Waals surface area contributed by atoms with Gasteiger partial charge in [-0.25, -0.2) is 4.39 Å². The Balaban J connectivity index is 2.43. The van der Waals surface area contributed by atoms with E-state index in [2.05, 4.69) is 0 Å². The third kappa shape index (κ3) is 5.02. The highest BCUT2D eigenvalue weighted by atomic mass is 19.1. The first-order valence-corrected chi connectivity index (χ1v) is 6.44. The highest BCUT2D eigenvalue weighted by molar-refractivity contribution is 5.36. The van der Waals surface area contributed by atoms with Crippen molar-refractivity contribution in [2.75, 3.05) is 13.2 Å². The van der Waals surface area contributed by atoms with E-state index in [1.807, 2.05) is 6.92 Å². The van der Waals surface area contributed by atoms with Crippen molar-refractivity contribution in [3.63, 3.8) is 0 Å². The zero-order valence-electron chi connectivity index (χ0n) is 10.9. The number of halogens is 1. The molecule has 0 radical (unpaired) electrons. The molecule has 0 saturated heterocycles. The molecule has 0 aliphatic carbocycles. The summed E-state index contributed by atoms with van der Waals surface area (Å²) in [5.41, 5.74) is 6.63. The van der Waals surface area contributed by atoms with Crippen LogP contribution in [0.3, 0.4) is 0 Å². The average Bonchev–Trinajstić information content (AvgIpc) is 2.33. The van der Waals surface area contributed by atoms with Crippen molar-refractivity contribution in [1.82, 2.24) is 0 Å². The Labute approximate surface area is 108 Å². The van der Waals surface area contributed by atoms with Crippen molar-refractivity contribution in [3.8, 4) is 5.75 Å². The molecule has 0 amide bonds. The fourth-order valence-electron chi connectivity index (χ4n) is 1.76. The van der Waals surface area contributed by atoms with E-state index in [1.165, 1.54) is 12.1 Å². The van der Waals surface area contributed by atoms with Crippen LogP contribution in [0.1, 0.15) is 44.2 Å². The first-order valence-electron chi connectivity index (χ1n) is 6.44. The van der Waals surface area contributed by atoms with Crippen LogP contribution in [-0.2, 0) is 0 Å². The second-order valence-electron chi connectivity index (χ2n) is 4.46. The van der Waals surface area contributed by atoms with Gasteiger partial charge in [0, 0.05) is 24.3 Å². The quantitative estimate of drug-likeness (QED) is 0.702. The molecule has 1 aromatic rings. The summed E-state index contributed by atoms with van der Waals surface area (Å²) in [7, 11) is 0. The standard InChI is InChI=1S/C14H22FNO2/c1-11(16)13-7-6-12(15)10-14(13)18-9-5-3-2-4-8-17/h6-7,10-11,17H,2-5,8-9,16H2,1H3/t11-/m0/s1. The Kier molecular flexibility index (Phi) is 6.68. The van der Waals surface area contributed by atoms with Crippen molar-refractivity contribution in [2.24, 2.45) is 5.73 Å². The summed E-state index contributed by atoms with van der Waals surface area (Å²) in [4.78, 5) is 0. The van der Waals surface area contributed by atoms with Gasteiger partial charge >= 0.3 is 0 Å². The average molecular weight is 255 g/mol. The molecule has 0 spiro atoms. The third-order valence-corrected chi connectivity index (χ3v) is 2.78. The van der Waals surface area contributed by atoms with E-state index in [-0.39, 0.29) is 18.5 Å². The molecule has 0 aromatic heterocycles. The van der Waals surface area contributed by atoms with Crippen LogP contribution in [0.25, 0.3) is 0 Å². The summed E-state index contributed by atoms with van der Waals surface area (Å²) in [5, 5.41) is 8.64. The van der Waals surface area contributed by atoms with Crippen LogP contribution in [0.2, 0.25) is 0 Å². The first-order chi connectivity index (χ1) is 8.65. The van der Waals surface area contributed by atoms with Gasteiger partial charge in [0.1, 0.15) is 11.6 Å². The SMILES string of the molecule is C[C@H](N)c1ccc(F)cc1OCCCCCCO. The second kappa shape index (κ2) is 8.06. The molecule has 0 heterocycles. The molecule has 102 valence electrons. The minimum Gasteiger partial charge on any atom is -0.493 e. The Morgan fingerprint density at radius 3 is 2.67 bits per heavy atom. The van der Waals surface area contributed by atoms with Crippen molar-refractivity contribution >= 4 is 0 Å². The number of hydrogen-bond acceptors (Lipinski definition) is 3. The number of benzene rings is 1. The van der Waals surface area contributed by atoms with E-state index in [4.69, 9.17) is 15.6 Å². The van der Waals surface area contributed by atoms with Gasteiger partial charge in [-0.1, -0.05) is 12.5 Å². The van der Waals surface area contributed by atoms with Gasteiger partial charge in [-0.15, -0.1) is 0 Å². The van der Waals surface area contributed by atoms with Crippen LogP contribution in [0.15, 0.2) is 18.2 Å². The van der Waals surface area contributed by atoms with Gasteiger partial charge in [0.25, 0.3) is 0 Å². The molecule has 3 N–H and O–H groups in total. The number of aliphatic hydroxyl groups excluding tert-OH is 1. The number of aliphatic hydroxyl groups is 1. The zero-order chi connectivity index (χ0) is 13.4. The van der Waals surface area contributed by atoms with E-state index in [1.54, 1.807) is 6.07 Å². The summed E-state index contributed by atoms with van der Waals surface area (Å²) in [5.74, 6) is 0.224. The fourth-order valence-corrected chi connectivity index (χ4v) is 1.76. The fraction of sp³-hybridized carbons (Fsp3) is 0.571. The number of rotatable bonds is 8. The molecule has 4 heteroatoms. The minimum atomic E-state index is -0.310. The molecule has 0 saturated carbocycles. The molecule has 0 unspecified atom stereocenters. The predicted molar refractivity (Wildman–Crippen MR) is 70.1 cm³/mol. The summed E-state index contributed by atoms with van der Waals surface area (Å²) in [6, 6.07) is 4.27. The zero-order valence-corrected chi connectivity index (χ0v) is 10.9. The summed E-state index contributed by atoms with van der Waals surface area (Å²) >= 11 is 0. The number of hydrogen-bond donors (Lipinski definition) is 2. The molecule has 3 nitrogen and oxygen atoms in total. The highest BCUT2D eigenvalue weighted by Crippen LogP contribution is 2.25. The highest BCUT2D eigenvalue weighted by Gasteiger charge is 2.09. The first kappa shape index (κ1) is 14.9. The van der Waals surface area contributed by atoms with Crippen molar-refractivity contribution in [2.45, 2.75) is 38.6 Å². The molecule has 1 rings (SSSR count). The lowest BCUT2D eigenvalue weighted by Gasteiger charge is -2.14. The van der Waals surface area contributed by atoms with Crippen LogP contribution in [0.5, 0.6) is 5.75 Å². The molecule has 0 fully saturated rings. The molecule has 0 bridgehead atoms.